The molecule has 11 rings (SSSR count). The molecule has 11 aromatic rings. The van der Waals surface area contributed by atoms with Crippen LogP contribution in [0.15, 0.2) is 170 Å². The number of rotatable bonds is 3. The molecule has 2 heteroatoms. The van der Waals surface area contributed by atoms with E-state index in [1.807, 2.05) is 22.7 Å². The van der Waals surface area contributed by atoms with E-state index in [0.717, 1.165) is 0 Å². The standard InChI is InChI=1S/C48H28S2/c1-2-12-29(13-3-1)45-36-17-6-8-19-38(36)46(39-20-9-7-18-37(39)45)42-27-32(26-31-14-4-5-15-33(31)42)30-22-23-35-41-25-24-40-34-16-10-11-21-43(34)49-47(40)48(41)50-44(35)28-30/h1-28H. The van der Waals surface area contributed by atoms with Crippen LogP contribution in [0.1, 0.15) is 0 Å². The number of thiophene rings is 2. The molecule has 0 fully saturated rings. The van der Waals surface area contributed by atoms with Gasteiger partial charge in [0.15, 0.2) is 0 Å². The van der Waals surface area contributed by atoms with Crippen molar-refractivity contribution in [3.63, 3.8) is 0 Å². The molecule has 0 atom stereocenters. The number of hydrogen-bond acceptors (Lipinski definition) is 2. The van der Waals surface area contributed by atoms with E-state index in [9.17, 15) is 0 Å². The molecule has 0 amide bonds. The molecule has 0 aliphatic carbocycles. The van der Waals surface area contributed by atoms with Crippen molar-refractivity contribution in [3.8, 4) is 33.4 Å². The zero-order valence-corrected chi connectivity index (χ0v) is 28.6. The topological polar surface area (TPSA) is 0 Å². The van der Waals surface area contributed by atoms with Crippen molar-refractivity contribution in [2.75, 3.05) is 0 Å². The van der Waals surface area contributed by atoms with Crippen molar-refractivity contribution in [1.82, 2.24) is 0 Å². The Morgan fingerprint density at radius 3 is 1.50 bits per heavy atom. The molecule has 2 heterocycles. The predicted molar refractivity (Wildman–Crippen MR) is 221 cm³/mol. The molecule has 0 bridgehead atoms. The van der Waals surface area contributed by atoms with Gasteiger partial charge in [-0.25, -0.2) is 0 Å². The minimum atomic E-state index is 1.24. The molecule has 0 N–H and O–H groups in total. The summed E-state index contributed by atoms with van der Waals surface area (Å²) >= 11 is 3.85. The van der Waals surface area contributed by atoms with Crippen LogP contribution in [0.5, 0.6) is 0 Å². The lowest BCUT2D eigenvalue weighted by atomic mass is 9.84. The Morgan fingerprint density at radius 2 is 0.800 bits per heavy atom. The van der Waals surface area contributed by atoms with E-state index < -0.39 is 0 Å². The minimum Gasteiger partial charge on any atom is -0.134 e. The first-order chi connectivity index (χ1) is 24.8. The van der Waals surface area contributed by atoms with Gasteiger partial charge in [-0.2, -0.15) is 0 Å². The molecule has 0 aliphatic rings. The van der Waals surface area contributed by atoms with Crippen LogP contribution in [0.25, 0.3) is 106 Å². The Labute approximate surface area is 297 Å². The first kappa shape index (κ1) is 28.1. The molecule has 0 radical (unpaired) electrons. The van der Waals surface area contributed by atoms with Gasteiger partial charge in [0.05, 0.1) is 9.40 Å². The van der Waals surface area contributed by atoms with Crippen molar-refractivity contribution in [3.05, 3.63) is 170 Å². The van der Waals surface area contributed by atoms with Crippen molar-refractivity contribution < 1.29 is 0 Å². The first-order valence-corrected chi connectivity index (χ1v) is 18.7. The molecule has 50 heavy (non-hydrogen) atoms. The van der Waals surface area contributed by atoms with Crippen LogP contribution < -0.4 is 0 Å². The Hall–Kier alpha value is -5.80. The van der Waals surface area contributed by atoms with Gasteiger partial charge in [-0.05, 0) is 90.0 Å². The maximum atomic E-state index is 2.44. The molecule has 9 aromatic carbocycles. The molecule has 232 valence electrons. The maximum Gasteiger partial charge on any atom is 0.0534 e. The monoisotopic (exact) mass is 668 g/mol. The fraction of sp³-hybridized carbons (Fsp3) is 0. The van der Waals surface area contributed by atoms with Crippen LogP contribution in [0.3, 0.4) is 0 Å². The van der Waals surface area contributed by atoms with Crippen LogP contribution >= 0.6 is 22.7 Å². The lowest BCUT2D eigenvalue weighted by Gasteiger charge is -2.19. The Bertz CT molecular complexity index is 3080. The van der Waals surface area contributed by atoms with E-state index in [2.05, 4.69) is 170 Å². The highest BCUT2D eigenvalue weighted by Crippen LogP contribution is 2.48. The highest BCUT2D eigenvalue weighted by atomic mass is 32.1. The minimum absolute atomic E-state index is 1.24. The van der Waals surface area contributed by atoms with E-state index in [-0.39, 0.29) is 0 Å². The van der Waals surface area contributed by atoms with E-state index >= 15 is 0 Å². The molecular weight excluding hydrogens is 641 g/mol. The quantitative estimate of drug-likeness (QED) is 0.164. The average Bonchev–Trinajstić information content (AvgIpc) is 3.75. The van der Waals surface area contributed by atoms with Gasteiger partial charge >= 0.3 is 0 Å². The fourth-order valence-corrected chi connectivity index (χ4v) is 10.8. The lowest BCUT2D eigenvalue weighted by molar-refractivity contribution is 1.65. The second-order valence-corrected chi connectivity index (χ2v) is 15.3. The second kappa shape index (κ2) is 10.9. The van der Waals surface area contributed by atoms with Gasteiger partial charge in [-0.3, -0.25) is 0 Å². The Kier molecular flexibility index (Phi) is 6.09. The highest BCUT2D eigenvalue weighted by Gasteiger charge is 2.19. The number of hydrogen-bond donors (Lipinski definition) is 0. The smallest absolute Gasteiger partial charge is 0.0534 e. The largest absolute Gasteiger partial charge is 0.134 e. The van der Waals surface area contributed by atoms with Crippen LogP contribution in [0.2, 0.25) is 0 Å². The summed E-state index contributed by atoms with van der Waals surface area (Å²) in [7, 11) is 0. The lowest BCUT2D eigenvalue weighted by Crippen LogP contribution is -1.92. The molecule has 0 saturated heterocycles. The number of benzene rings is 9. The van der Waals surface area contributed by atoms with Crippen molar-refractivity contribution in [1.29, 1.82) is 0 Å². The zero-order valence-electron chi connectivity index (χ0n) is 27.0. The summed E-state index contributed by atoms with van der Waals surface area (Å²) in [6.45, 7) is 0. The second-order valence-electron chi connectivity index (χ2n) is 13.2. The third-order valence-electron chi connectivity index (χ3n) is 10.4. The molecular formula is C48H28S2. The average molecular weight is 669 g/mol. The summed E-state index contributed by atoms with van der Waals surface area (Å²) in [5, 5.41) is 13.0. The van der Waals surface area contributed by atoms with Crippen LogP contribution in [0.4, 0.5) is 0 Å². The van der Waals surface area contributed by atoms with E-state index in [4.69, 9.17) is 0 Å². The van der Waals surface area contributed by atoms with Gasteiger partial charge < -0.3 is 0 Å². The van der Waals surface area contributed by atoms with Crippen molar-refractivity contribution >= 4 is 95.3 Å². The van der Waals surface area contributed by atoms with Crippen molar-refractivity contribution in [2.24, 2.45) is 0 Å². The normalized spacial score (nSPS) is 12.0. The SMILES string of the molecule is c1ccc(-c2c3ccccc3c(-c3cc(-c4ccc5c(c4)sc4c5ccc5c6ccccc6sc54)cc4ccccc34)c3ccccc23)cc1. The van der Waals surface area contributed by atoms with E-state index in [0.29, 0.717) is 0 Å². The van der Waals surface area contributed by atoms with Gasteiger partial charge in [0, 0.05) is 30.9 Å². The van der Waals surface area contributed by atoms with Crippen LogP contribution in [0, 0.1) is 0 Å². The van der Waals surface area contributed by atoms with Crippen LogP contribution in [-0.2, 0) is 0 Å². The van der Waals surface area contributed by atoms with E-state index in [1.165, 1.54) is 106 Å². The predicted octanol–water partition coefficient (Wildman–Crippen LogP) is 14.9. The summed E-state index contributed by atoms with van der Waals surface area (Å²) in [5.74, 6) is 0. The summed E-state index contributed by atoms with van der Waals surface area (Å²) in [4.78, 5) is 0. The van der Waals surface area contributed by atoms with Crippen molar-refractivity contribution in [2.45, 2.75) is 0 Å². The Morgan fingerprint density at radius 1 is 0.280 bits per heavy atom. The molecule has 0 saturated carbocycles. The zero-order chi connectivity index (χ0) is 32.8. The third kappa shape index (κ3) is 4.10. The van der Waals surface area contributed by atoms with Gasteiger partial charge in [0.25, 0.3) is 0 Å². The molecule has 0 nitrogen and oxygen atoms in total. The first-order valence-electron chi connectivity index (χ1n) is 17.1. The Balaban J connectivity index is 1.18. The van der Waals surface area contributed by atoms with Gasteiger partial charge in [-0.1, -0.05) is 146 Å². The summed E-state index contributed by atoms with van der Waals surface area (Å²) in [6.07, 6.45) is 0. The number of fused-ring (bicyclic) bond motifs is 10. The van der Waals surface area contributed by atoms with Gasteiger partial charge in [0.1, 0.15) is 0 Å². The molecule has 0 spiro atoms. The van der Waals surface area contributed by atoms with Crippen LogP contribution in [-0.4, -0.2) is 0 Å². The molecule has 2 aromatic heterocycles. The fourth-order valence-electron chi connectivity index (χ4n) is 8.21. The molecule has 0 unspecified atom stereocenters. The highest BCUT2D eigenvalue weighted by molar-refractivity contribution is 7.33. The van der Waals surface area contributed by atoms with E-state index in [1.54, 1.807) is 0 Å². The van der Waals surface area contributed by atoms with Gasteiger partial charge in [-0.15, -0.1) is 22.7 Å². The third-order valence-corrected chi connectivity index (χ3v) is 13.0. The summed E-state index contributed by atoms with van der Waals surface area (Å²) in [6, 6.07) is 63.0. The molecule has 0 aliphatic heterocycles. The maximum absolute atomic E-state index is 2.44. The summed E-state index contributed by atoms with van der Waals surface area (Å²) in [5.41, 5.74) is 7.60. The summed E-state index contributed by atoms with van der Waals surface area (Å²) < 4.78 is 5.48. The van der Waals surface area contributed by atoms with Gasteiger partial charge in [0.2, 0.25) is 0 Å².